The zero-order chi connectivity index (χ0) is 26.0. The molecule has 37 heavy (non-hydrogen) atoms. The summed E-state index contributed by atoms with van der Waals surface area (Å²) < 4.78 is 12.0. The number of aliphatic imine (C=N–C) groups is 1. The SMILES string of the molecule is CCOc1cc2c(cc1OCC)[C@@H]1CN(C)CC[C@@H]1N=C2c1ccc(C(=O)N(C(C)C)C(C)C)cc1.Cl. The van der Waals surface area contributed by atoms with Crippen molar-refractivity contribution in [1.82, 2.24) is 9.80 Å². The highest BCUT2D eigenvalue weighted by Gasteiger charge is 2.36. The molecule has 1 saturated heterocycles. The van der Waals surface area contributed by atoms with Gasteiger partial charge in [0.15, 0.2) is 11.5 Å². The normalized spacial score (nSPS) is 19.0. The third-order valence-electron chi connectivity index (χ3n) is 7.20. The van der Waals surface area contributed by atoms with E-state index in [-0.39, 0.29) is 36.4 Å². The van der Waals surface area contributed by atoms with Crippen molar-refractivity contribution in [2.45, 2.75) is 72.0 Å². The summed E-state index contributed by atoms with van der Waals surface area (Å²) in [6, 6.07) is 12.8. The molecule has 0 saturated carbocycles. The molecule has 2 aliphatic rings. The average Bonchev–Trinajstić information content (AvgIpc) is 2.84. The lowest BCUT2D eigenvalue weighted by Gasteiger charge is -2.39. The number of piperidine rings is 1. The van der Waals surface area contributed by atoms with Crippen LogP contribution in [-0.4, -0.2) is 72.9 Å². The van der Waals surface area contributed by atoms with Gasteiger partial charge in [-0.15, -0.1) is 12.4 Å². The van der Waals surface area contributed by atoms with E-state index in [9.17, 15) is 4.79 Å². The molecule has 202 valence electrons. The predicted molar refractivity (Wildman–Crippen MR) is 153 cm³/mol. The van der Waals surface area contributed by atoms with Crippen LogP contribution < -0.4 is 9.47 Å². The van der Waals surface area contributed by atoms with Gasteiger partial charge < -0.3 is 19.3 Å². The van der Waals surface area contributed by atoms with Gasteiger partial charge in [-0.05, 0) is 91.4 Å². The number of halogens is 1. The summed E-state index contributed by atoms with van der Waals surface area (Å²) in [6.45, 7) is 15.4. The smallest absolute Gasteiger partial charge is 0.254 e. The number of hydrogen-bond acceptors (Lipinski definition) is 5. The summed E-state index contributed by atoms with van der Waals surface area (Å²) >= 11 is 0. The van der Waals surface area contributed by atoms with Gasteiger partial charge in [-0.25, -0.2) is 0 Å². The predicted octanol–water partition coefficient (Wildman–Crippen LogP) is 5.80. The number of benzene rings is 2. The molecule has 0 aromatic heterocycles. The number of nitrogens with zero attached hydrogens (tertiary/aromatic N) is 3. The van der Waals surface area contributed by atoms with Crippen LogP contribution in [0.2, 0.25) is 0 Å². The Labute approximate surface area is 228 Å². The van der Waals surface area contributed by atoms with Gasteiger partial charge in [0.05, 0.1) is 25.0 Å². The maximum absolute atomic E-state index is 13.2. The first kappa shape index (κ1) is 29.0. The lowest BCUT2D eigenvalue weighted by molar-refractivity contribution is 0.0643. The number of fused-ring (bicyclic) bond motifs is 3. The molecule has 0 N–H and O–H groups in total. The first-order valence-corrected chi connectivity index (χ1v) is 13.4. The molecule has 1 amide bonds. The zero-order valence-corrected chi connectivity index (χ0v) is 24.1. The topological polar surface area (TPSA) is 54.4 Å². The summed E-state index contributed by atoms with van der Waals surface area (Å²) in [5, 5.41) is 0. The second kappa shape index (κ2) is 12.3. The van der Waals surface area contributed by atoms with Gasteiger partial charge in [0.25, 0.3) is 5.91 Å². The zero-order valence-electron chi connectivity index (χ0n) is 23.3. The molecule has 6 nitrogen and oxygen atoms in total. The van der Waals surface area contributed by atoms with Gasteiger partial charge >= 0.3 is 0 Å². The van der Waals surface area contributed by atoms with Crippen molar-refractivity contribution in [2.24, 2.45) is 4.99 Å². The van der Waals surface area contributed by atoms with Crippen LogP contribution in [0, 0.1) is 0 Å². The Kier molecular flexibility index (Phi) is 9.65. The Balaban J connectivity index is 0.00000380. The fraction of sp³-hybridized carbons (Fsp3) is 0.533. The summed E-state index contributed by atoms with van der Waals surface area (Å²) in [4.78, 5) is 22.8. The molecule has 2 heterocycles. The molecule has 1 fully saturated rings. The highest BCUT2D eigenvalue weighted by atomic mass is 35.5. The van der Waals surface area contributed by atoms with Crippen molar-refractivity contribution in [3.8, 4) is 11.5 Å². The standard InChI is InChI=1S/C30H41N3O3.ClH/c1-8-35-27-16-23-24(17-28(27)36-9-2)29(31-26-14-15-32(7)18-25(23)26)21-10-12-22(13-11-21)30(34)33(19(3)4)20(5)6;/h10-13,16-17,19-20,25-26H,8-9,14-15,18H2,1-7H3;1H/t25-,26-;/m0./s1. The second-order valence-corrected chi connectivity index (χ2v) is 10.4. The number of likely N-dealkylation sites (N-methyl/N-ethyl adjacent to an activating group) is 1. The van der Waals surface area contributed by atoms with Gasteiger partial charge in [-0.1, -0.05) is 12.1 Å². The van der Waals surface area contributed by atoms with Crippen molar-refractivity contribution < 1.29 is 14.3 Å². The summed E-state index contributed by atoms with van der Waals surface area (Å²) in [7, 11) is 2.18. The third kappa shape index (κ3) is 5.96. The molecule has 4 rings (SSSR count). The number of amides is 1. The number of carbonyl (C=O) groups is 1. The van der Waals surface area contributed by atoms with Crippen LogP contribution in [0.1, 0.15) is 80.9 Å². The Morgan fingerprint density at radius 3 is 2.19 bits per heavy atom. The van der Waals surface area contributed by atoms with Gasteiger partial charge in [0, 0.05) is 41.2 Å². The van der Waals surface area contributed by atoms with Crippen LogP contribution in [0.15, 0.2) is 41.4 Å². The molecular weight excluding hydrogens is 486 g/mol. The first-order chi connectivity index (χ1) is 17.2. The lowest BCUT2D eigenvalue weighted by atomic mass is 9.79. The fourth-order valence-electron chi connectivity index (χ4n) is 5.64. The summed E-state index contributed by atoms with van der Waals surface area (Å²) in [5.74, 6) is 1.94. The van der Waals surface area contributed by atoms with Crippen molar-refractivity contribution >= 4 is 24.0 Å². The molecule has 2 aromatic carbocycles. The van der Waals surface area contributed by atoms with Gasteiger partial charge in [0.1, 0.15) is 0 Å². The Hall–Kier alpha value is -2.57. The minimum Gasteiger partial charge on any atom is -0.490 e. The van der Waals surface area contributed by atoms with Gasteiger partial charge in [0.2, 0.25) is 0 Å². The molecule has 0 bridgehead atoms. The number of ether oxygens (including phenoxy) is 2. The van der Waals surface area contributed by atoms with Crippen LogP contribution in [0.3, 0.4) is 0 Å². The van der Waals surface area contributed by atoms with Crippen LogP contribution in [0.25, 0.3) is 0 Å². The van der Waals surface area contributed by atoms with Gasteiger partial charge in [-0.3, -0.25) is 9.79 Å². The Morgan fingerprint density at radius 1 is 1.03 bits per heavy atom. The maximum atomic E-state index is 13.2. The van der Waals surface area contributed by atoms with Crippen LogP contribution >= 0.6 is 12.4 Å². The highest BCUT2D eigenvalue weighted by molar-refractivity contribution is 6.15. The van der Waals surface area contributed by atoms with E-state index in [1.54, 1.807) is 0 Å². The quantitative estimate of drug-likeness (QED) is 0.435. The average molecular weight is 528 g/mol. The van der Waals surface area contributed by atoms with Crippen LogP contribution in [-0.2, 0) is 0 Å². The molecule has 0 unspecified atom stereocenters. The molecule has 2 aromatic rings. The lowest BCUT2D eigenvalue weighted by Crippen LogP contribution is -2.42. The maximum Gasteiger partial charge on any atom is 0.254 e. The van der Waals surface area contributed by atoms with E-state index in [1.807, 2.05) is 43.0 Å². The molecule has 2 atom stereocenters. The monoisotopic (exact) mass is 527 g/mol. The van der Waals surface area contributed by atoms with E-state index in [2.05, 4.69) is 51.8 Å². The minimum atomic E-state index is 0. The third-order valence-corrected chi connectivity index (χ3v) is 7.20. The van der Waals surface area contributed by atoms with Crippen molar-refractivity contribution in [2.75, 3.05) is 33.4 Å². The second-order valence-electron chi connectivity index (χ2n) is 10.4. The summed E-state index contributed by atoms with van der Waals surface area (Å²) in [5.41, 5.74) is 5.08. The number of hydrogen-bond donors (Lipinski definition) is 0. The molecule has 0 spiro atoms. The van der Waals surface area contributed by atoms with E-state index >= 15 is 0 Å². The van der Waals surface area contributed by atoms with Crippen LogP contribution in [0.5, 0.6) is 11.5 Å². The van der Waals surface area contributed by atoms with E-state index in [4.69, 9.17) is 14.5 Å². The number of rotatable bonds is 8. The van der Waals surface area contributed by atoms with E-state index in [1.165, 1.54) is 5.56 Å². The van der Waals surface area contributed by atoms with E-state index in [0.717, 1.165) is 47.8 Å². The number of carbonyl (C=O) groups excluding carboxylic acids is 1. The van der Waals surface area contributed by atoms with Crippen molar-refractivity contribution in [3.63, 3.8) is 0 Å². The van der Waals surface area contributed by atoms with Crippen LogP contribution in [0.4, 0.5) is 0 Å². The first-order valence-electron chi connectivity index (χ1n) is 13.4. The fourth-order valence-corrected chi connectivity index (χ4v) is 5.64. The van der Waals surface area contributed by atoms with Crippen molar-refractivity contribution in [3.05, 3.63) is 58.7 Å². The van der Waals surface area contributed by atoms with Gasteiger partial charge in [-0.2, -0.15) is 0 Å². The largest absolute Gasteiger partial charge is 0.490 e. The molecule has 0 radical (unpaired) electrons. The Bertz CT molecular complexity index is 1110. The molecular formula is C30H42ClN3O3. The molecule has 2 aliphatic heterocycles. The minimum absolute atomic E-state index is 0. The Morgan fingerprint density at radius 2 is 1.62 bits per heavy atom. The molecule has 7 heteroatoms. The molecule has 0 aliphatic carbocycles. The number of likely N-dealkylation sites (tertiary alicyclic amines) is 1. The summed E-state index contributed by atoms with van der Waals surface area (Å²) in [6.07, 6.45) is 1.02. The van der Waals surface area contributed by atoms with E-state index in [0.29, 0.717) is 24.7 Å². The van der Waals surface area contributed by atoms with E-state index < -0.39 is 0 Å². The van der Waals surface area contributed by atoms with Crippen molar-refractivity contribution in [1.29, 1.82) is 0 Å². The highest BCUT2D eigenvalue weighted by Crippen LogP contribution is 2.42.